The molecular weight excluding hydrogens is 300 g/mol. The summed E-state index contributed by atoms with van der Waals surface area (Å²) in [5, 5.41) is 0. The third-order valence-corrected chi connectivity index (χ3v) is 4.35. The molecule has 0 aliphatic carbocycles. The van der Waals surface area contributed by atoms with Gasteiger partial charge in [-0.3, -0.25) is 0 Å². The van der Waals surface area contributed by atoms with Gasteiger partial charge in [-0.2, -0.15) is 0 Å². The van der Waals surface area contributed by atoms with Crippen molar-refractivity contribution >= 4 is 6.08 Å². The van der Waals surface area contributed by atoms with E-state index in [9.17, 15) is 0 Å². The van der Waals surface area contributed by atoms with Gasteiger partial charge in [-0.15, -0.1) is 0 Å². The Balaban J connectivity index is 1.86. The molecule has 0 fully saturated rings. The van der Waals surface area contributed by atoms with Crippen molar-refractivity contribution in [2.45, 2.75) is 32.1 Å². The Morgan fingerprint density at radius 3 is 2.08 bits per heavy atom. The molecule has 0 amide bonds. The topological polar surface area (TPSA) is 0 Å². The van der Waals surface area contributed by atoms with E-state index in [4.69, 9.17) is 0 Å². The van der Waals surface area contributed by atoms with Gasteiger partial charge in [-0.05, 0) is 37.3 Å². The van der Waals surface area contributed by atoms with Gasteiger partial charge in [-0.1, -0.05) is 109 Å². The van der Waals surface area contributed by atoms with Gasteiger partial charge in [0.15, 0.2) is 0 Å². The SMILES string of the molecule is C=C(C/C=C/c1ccccc1)CCC(=C)C(C(=C)C)c1ccccc1. The number of rotatable bonds is 9. The third kappa shape index (κ3) is 6.08. The summed E-state index contributed by atoms with van der Waals surface area (Å²) in [5.41, 5.74) is 6.10. The highest BCUT2D eigenvalue weighted by atomic mass is 14.2. The van der Waals surface area contributed by atoms with E-state index in [1.165, 1.54) is 22.3 Å². The summed E-state index contributed by atoms with van der Waals surface area (Å²) >= 11 is 0. The first-order valence-corrected chi connectivity index (χ1v) is 8.84. The Morgan fingerprint density at radius 2 is 1.48 bits per heavy atom. The van der Waals surface area contributed by atoms with Gasteiger partial charge < -0.3 is 0 Å². The van der Waals surface area contributed by atoms with Crippen molar-refractivity contribution in [3.8, 4) is 0 Å². The lowest BCUT2D eigenvalue weighted by atomic mass is 9.84. The van der Waals surface area contributed by atoms with E-state index in [0.29, 0.717) is 0 Å². The van der Waals surface area contributed by atoms with Crippen LogP contribution in [0.25, 0.3) is 6.08 Å². The molecule has 0 heterocycles. The second-order valence-electron chi connectivity index (χ2n) is 6.62. The lowest BCUT2D eigenvalue weighted by Crippen LogP contribution is -2.03. The molecule has 25 heavy (non-hydrogen) atoms. The van der Waals surface area contributed by atoms with Gasteiger partial charge in [0.05, 0.1) is 0 Å². The fourth-order valence-corrected chi connectivity index (χ4v) is 3.02. The minimum Gasteiger partial charge on any atom is -0.0995 e. The van der Waals surface area contributed by atoms with Gasteiger partial charge in [0.25, 0.3) is 0 Å². The van der Waals surface area contributed by atoms with Crippen LogP contribution in [0.3, 0.4) is 0 Å². The molecule has 0 aliphatic heterocycles. The molecule has 128 valence electrons. The first kappa shape index (κ1) is 18.7. The average molecular weight is 328 g/mol. The van der Waals surface area contributed by atoms with E-state index < -0.39 is 0 Å². The van der Waals surface area contributed by atoms with Gasteiger partial charge >= 0.3 is 0 Å². The number of benzene rings is 2. The summed E-state index contributed by atoms with van der Waals surface area (Å²) in [6, 6.07) is 20.9. The maximum absolute atomic E-state index is 4.33. The molecular formula is C25H28. The fraction of sp³-hybridized carbons (Fsp3) is 0.200. The predicted molar refractivity (Wildman–Crippen MR) is 112 cm³/mol. The minimum absolute atomic E-state index is 0.230. The second-order valence-corrected chi connectivity index (χ2v) is 6.62. The van der Waals surface area contributed by atoms with Gasteiger partial charge in [0.2, 0.25) is 0 Å². The standard InChI is InChI=1S/C25H28/c1-20(2)25(24-16-9-6-10-17-24)22(4)19-18-21(3)12-11-15-23-13-7-5-8-14-23/h5-11,13-17,25H,1,3-4,12,18-19H2,2H3/b15-11+. The van der Waals surface area contributed by atoms with Crippen LogP contribution in [-0.2, 0) is 0 Å². The van der Waals surface area contributed by atoms with Crippen LogP contribution >= 0.6 is 0 Å². The Hall–Kier alpha value is -2.60. The zero-order valence-electron chi connectivity index (χ0n) is 15.2. The number of hydrogen-bond donors (Lipinski definition) is 0. The first-order valence-electron chi connectivity index (χ1n) is 8.84. The normalized spacial score (nSPS) is 12.0. The van der Waals surface area contributed by atoms with Crippen molar-refractivity contribution in [1.29, 1.82) is 0 Å². The number of hydrogen-bond acceptors (Lipinski definition) is 0. The summed E-state index contributed by atoms with van der Waals surface area (Å²) in [4.78, 5) is 0. The van der Waals surface area contributed by atoms with E-state index in [1.807, 2.05) is 12.1 Å². The molecule has 0 bridgehead atoms. The van der Waals surface area contributed by atoms with Crippen LogP contribution in [0.1, 0.15) is 43.2 Å². The molecule has 0 nitrogen and oxygen atoms in total. The predicted octanol–water partition coefficient (Wildman–Crippen LogP) is 7.34. The highest BCUT2D eigenvalue weighted by Gasteiger charge is 2.15. The van der Waals surface area contributed by atoms with E-state index in [0.717, 1.165) is 24.8 Å². The maximum atomic E-state index is 4.33. The van der Waals surface area contributed by atoms with E-state index >= 15 is 0 Å². The second kappa shape index (κ2) is 9.64. The molecule has 1 atom stereocenters. The van der Waals surface area contributed by atoms with Crippen molar-refractivity contribution in [2.75, 3.05) is 0 Å². The zero-order valence-corrected chi connectivity index (χ0v) is 15.2. The quantitative estimate of drug-likeness (QED) is 0.422. The van der Waals surface area contributed by atoms with Crippen LogP contribution < -0.4 is 0 Å². The molecule has 0 N–H and O–H groups in total. The van der Waals surface area contributed by atoms with Crippen LogP contribution in [0.15, 0.2) is 103 Å². The highest BCUT2D eigenvalue weighted by Crippen LogP contribution is 2.33. The summed E-state index contributed by atoms with van der Waals surface area (Å²) in [6.45, 7) is 14.8. The van der Waals surface area contributed by atoms with Crippen LogP contribution in [-0.4, -0.2) is 0 Å². The lowest BCUT2D eigenvalue weighted by molar-refractivity contribution is 0.808. The summed E-state index contributed by atoms with van der Waals surface area (Å²) in [7, 11) is 0. The molecule has 1 unspecified atom stereocenters. The first-order chi connectivity index (χ1) is 12.1. The van der Waals surface area contributed by atoms with Crippen molar-refractivity contribution in [3.63, 3.8) is 0 Å². The van der Waals surface area contributed by atoms with Crippen LogP contribution in [0.2, 0.25) is 0 Å². The smallest absolute Gasteiger partial charge is 0.0249 e. The minimum atomic E-state index is 0.230. The molecule has 2 rings (SSSR count). The number of allylic oxidation sites excluding steroid dienone is 4. The van der Waals surface area contributed by atoms with Crippen LogP contribution in [0.5, 0.6) is 0 Å². The van der Waals surface area contributed by atoms with Crippen molar-refractivity contribution < 1.29 is 0 Å². The molecule has 0 aromatic heterocycles. The molecule has 0 heteroatoms. The van der Waals surface area contributed by atoms with E-state index in [1.54, 1.807) is 0 Å². The molecule has 0 aliphatic rings. The van der Waals surface area contributed by atoms with E-state index in [-0.39, 0.29) is 5.92 Å². The maximum Gasteiger partial charge on any atom is 0.0249 e. The van der Waals surface area contributed by atoms with Gasteiger partial charge in [0.1, 0.15) is 0 Å². The molecule has 2 aromatic rings. The molecule has 0 spiro atoms. The van der Waals surface area contributed by atoms with Crippen molar-refractivity contribution in [3.05, 3.63) is 114 Å². The Bertz CT molecular complexity index is 732. The monoisotopic (exact) mass is 328 g/mol. The summed E-state index contributed by atoms with van der Waals surface area (Å²) in [5.74, 6) is 0.230. The van der Waals surface area contributed by atoms with Gasteiger partial charge in [-0.25, -0.2) is 0 Å². The van der Waals surface area contributed by atoms with E-state index in [2.05, 4.69) is 87.3 Å². The highest BCUT2D eigenvalue weighted by molar-refractivity contribution is 5.49. The van der Waals surface area contributed by atoms with Crippen LogP contribution in [0, 0.1) is 0 Å². The third-order valence-electron chi connectivity index (χ3n) is 4.35. The van der Waals surface area contributed by atoms with Crippen molar-refractivity contribution in [1.82, 2.24) is 0 Å². The van der Waals surface area contributed by atoms with Gasteiger partial charge in [0, 0.05) is 5.92 Å². The molecule has 2 aromatic carbocycles. The van der Waals surface area contributed by atoms with Crippen molar-refractivity contribution in [2.24, 2.45) is 0 Å². The molecule has 0 saturated heterocycles. The molecule has 0 radical (unpaired) electrons. The fourth-order valence-electron chi connectivity index (χ4n) is 3.02. The Labute approximate surface area is 152 Å². The summed E-state index contributed by atoms with van der Waals surface area (Å²) in [6.07, 6.45) is 7.17. The molecule has 0 saturated carbocycles. The Kier molecular flexibility index (Phi) is 7.22. The largest absolute Gasteiger partial charge is 0.0995 e. The lowest BCUT2D eigenvalue weighted by Gasteiger charge is -2.21. The zero-order chi connectivity index (χ0) is 18.1. The summed E-state index contributed by atoms with van der Waals surface area (Å²) < 4.78 is 0. The average Bonchev–Trinajstić information content (AvgIpc) is 2.62. The Morgan fingerprint density at radius 1 is 0.880 bits per heavy atom. The van der Waals surface area contributed by atoms with Crippen LogP contribution in [0.4, 0.5) is 0 Å².